The highest BCUT2D eigenvalue weighted by molar-refractivity contribution is 6.27. The normalized spacial score (nSPS) is 11.9. The fourth-order valence-electron chi connectivity index (χ4n) is 10.9. The Hall–Kier alpha value is -8.86. The molecule has 3 heterocycles. The van der Waals surface area contributed by atoms with Crippen LogP contribution in [-0.4, -0.2) is 19.1 Å². The summed E-state index contributed by atoms with van der Waals surface area (Å²) >= 11 is 0. The first-order valence-electron chi connectivity index (χ1n) is 22.6. The molecule has 0 amide bonds. The van der Waals surface area contributed by atoms with Gasteiger partial charge < -0.3 is 4.57 Å². The van der Waals surface area contributed by atoms with Gasteiger partial charge in [-0.1, -0.05) is 188 Å². The van der Waals surface area contributed by atoms with Crippen LogP contribution >= 0.6 is 0 Å². The maximum atomic E-state index is 5.41. The smallest absolute Gasteiger partial charge is 0.235 e. The second-order valence-electron chi connectivity index (χ2n) is 17.2. The highest BCUT2D eigenvalue weighted by Crippen LogP contribution is 2.47. The Labute approximate surface area is 379 Å². The summed E-state index contributed by atoms with van der Waals surface area (Å²) in [6, 6.07) is 83.4. The molecule has 0 saturated heterocycles. The lowest BCUT2D eigenvalue weighted by Crippen LogP contribution is -2.03. The fraction of sp³-hybridized carbons (Fsp3) is 0. The molecule has 0 radical (unpaired) electrons. The van der Waals surface area contributed by atoms with Crippen LogP contribution in [0.4, 0.5) is 0 Å². The van der Waals surface area contributed by atoms with Crippen molar-refractivity contribution in [2.24, 2.45) is 0 Å². The van der Waals surface area contributed by atoms with E-state index in [1.54, 1.807) is 0 Å². The van der Waals surface area contributed by atoms with Gasteiger partial charge in [-0.3, -0.25) is 4.57 Å². The molecule has 4 heteroatoms. The molecule has 14 rings (SSSR count). The summed E-state index contributed by atoms with van der Waals surface area (Å²) in [4.78, 5) is 10.7. The predicted molar refractivity (Wildman–Crippen MR) is 277 cm³/mol. The maximum Gasteiger partial charge on any atom is 0.235 e. The molecule has 11 aromatic carbocycles. The standard InChI is InChI=1S/C62H38N4/c1-3-19-39(20-4-1)60-50-30-13-16-32-55(50)63-62(64-60)66-56-33-17-14-27-47(56)54-37-52(44-26-10-12-29-49(44)61(54)66)45-35-36-46(42-24-8-7-23-41(42)45)53-38-58-59(48-28-11-9-25-43(48)53)51-31-15-18-34-57(51)65(58)40-21-5-2-6-22-40/h1-38H. The number of rotatable bonds is 5. The third-order valence-electron chi connectivity index (χ3n) is 13.7. The van der Waals surface area contributed by atoms with E-state index in [1.165, 1.54) is 71.0 Å². The molecule has 66 heavy (non-hydrogen) atoms. The zero-order chi connectivity index (χ0) is 43.3. The average molecular weight is 839 g/mol. The number of aromatic nitrogens is 4. The van der Waals surface area contributed by atoms with Crippen LogP contribution in [0.5, 0.6) is 0 Å². The number of hydrogen-bond donors (Lipinski definition) is 0. The molecule has 0 aliphatic rings. The first-order valence-corrected chi connectivity index (χ1v) is 22.6. The molecular weight excluding hydrogens is 801 g/mol. The van der Waals surface area contributed by atoms with E-state index in [4.69, 9.17) is 9.97 Å². The van der Waals surface area contributed by atoms with Gasteiger partial charge in [0.05, 0.1) is 33.3 Å². The minimum absolute atomic E-state index is 0.655. The SMILES string of the molecule is c1ccc(-c2nc(-n3c4ccccc4c4cc(-c5ccc(-c6cc7c(c8ccccc68)c6ccccc6n7-c6ccccc6)c6ccccc56)c5ccccc5c43)nc3ccccc23)cc1. The average Bonchev–Trinajstić information content (AvgIpc) is 3.91. The van der Waals surface area contributed by atoms with Crippen LogP contribution in [0, 0.1) is 0 Å². The number of para-hydroxylation sites is 4. The minimum Gasteiger partial charge on any atom is -0.309 e. The summed E-state index contributed by atoms with van der Waals surface area (Å²) in [7, 11) is 0. The largest absolute Gasteiger partial charge is 0.309 e. The zero-order valence-corrected chi connectivity index (χ0v) is 35.7. The molecule has 306 valence electrons. The van der Waals surface area contributed by atoms with Gasteiger partial charge in [-0.05, 0) is 91.6 Å². The molecule has 0 fully saturated rings. The van der Waals surface area contributed by atoms with Crippen LogP contribution in [-0.2, 0) is 0 Å². The molecule has 0 aliphatic carbocycles. The third-order valence-corrected chi connectivity index (χ3v) is 13.7. The monoisotopic (exact) mass is 838 g/mol. The van der Waals surface area contributed by atoms with E-state index in [0.29, 0.717) is 5.95 Å². The van der Waals surface area contributed by atoms with Crippen molar-refractivity contribution < 1.29 is 0 Å². The Kier molecular flexibility index (Phi) is 7.95. The van der Waals surface area contributed by atoms with Crippen LogP contribution in [0.25, 0.3) is 132 Å². The molecule has 0 N–H and O–H groups in total. The topological polar surface area (TPSA) is 35.6 Å². The Morgan fingerprint density at radius 1 is 0.288 bits per heavy atom. The minimum atomic E-state index is 0.655. The van der Waals surface area contributed by atoms with E-state index in [1.807, 2.05) is 0 Å². The van der Waals surface area contributed by atoms with Crippen LogP contribution in [0.15, 0.2) is 231 Å². The van der Waals surface area contributed by atoms with Gasteiger partial charge in [-0.2, -0.15) is 0 Å². The van der Waals surface area contributed by atoms with Gasteiger partial charge >= 0.3 is 0 Å². The molecule has 0 atom stereocenters. The lowest BCUT2D eigenvalue weighted by atomic mass is 9.87. The molecule has 3 aromatic heterocycles. The van der Waals surface area contributed by atoms with Crippen molar-refractivity contribution in [3.05, 3.63) is 231 Å². The van der Waals surface area contributed by atoms with E-state index in [2.05, 4.69) is 240 Å². The summed E-state index contributed by atoms with van der Waals surface area (Å²) in [5, 5.41) is 13.1. The van der Waals surface area contributed by atoms with Gasteiger partial charge in [0.25, 0.3) is 0 Å². The van der Waals surface area contributed by atoms with Gasteiger partial charge in [0.15, 0.2) is 0 Å². The zero-order valence-electron chi connectivity index (χ0n) is 35.7. The highest BCUT2D eigenvalue weighted by Gasteiger charge is 2.23. The van der Waals surface area contributed by atoms with E-state index in [-0.39, 0.29) is 0 Å². The van der Waals surface area contributed by atoms with E-state index in [0.717, 1.165) is 55.0 Å². The summed E-state index contributed by atoms with van der Waals surface area (Å²) in [5.74, 6) is 0.655. The van der Waals surface area contributed by atoms with E-state index >= 15 is 0 Å². The van der Waals surface area contributed by atoms with Gasteiger partial charge in [0, 0.05) is 43.6 Å². The molecule has 14 aromatic rings. The van der Waals surface area contributed by atoms with Gasteiger partial charge in [-0.25, -0.2) is 9.97 Å². The summed E-state index contributed by atoms with van der Waals surface area (Å²) < 4.78 is 4.72. The quantitative estimate of drug-likeness (QED) is 0.173. The summed E-state index contributed by atoms with van der Waals surface area (Å²) in [5.41, 5.74) is 13.4. The van der Waals surface area contributed by atoms with Crippen LogP contribution in [0.3, 0.4) is 0 Å². The Bertz CT molecular complexity index is 4280. The van der Waals surface area contributed by atoms with Crippen molar-refractivity contribution in [1.82, 2.24) is 19.1 Å². The molecule has 0 saturated carbocycles. The molecular formula is C62H38N4. The van der Waals surface area contributed by atoms with Crippen molar-refractivity contribution >= 4 is 86.8 Å². The van der Waals surface area contributed by atoms with Crippen molar-refractivity contribution in [2.45, 2.75) is 0 Å². The van der Waals surface area contributed by atoms with Crippen molar-refractivity contribution in [2.75, 3.05) is 0 Å². The molecule has 0 spiro atoms. The fourth-order valence-corrected chi connectivity index (χ4v) is 10.9. The van der Waals surface area contributed by atoms with Crippen LogP contribution < -0.4 is 0 Å². The first-order chi connectivity index (χ1) is 32.8. The molecule has 4 nitrogen and oxygen atoms in total. The highest BCUT2D eigenvalue weighted by atomic mass is 15.2. The lowest BCUT2D eigenvalue weighted by Gasteiger charge is -2.17. The Morgan fingerprint density at radius 3 is 1.45 bits per heavy atom. The van der Waals surface area contributed by atoms with E-state index in [9.17, 15) is 0 Å². The van der Waals surface area contributed by atoms with Crippen molar-refractivity contribution in [1.29, 1.82) is 0 Å². The van der Waals surface area contributed by atoms with Crippen LogP contribution in [0.1, 0.15) is 0 Å². The number of fused-ring (bicyclic) bond motifs is 12. The predicted octanol–water partition coefficient (Wildman–Crippen LogP) is 16.3. The maximum absolute atomic E-state index is 5.41. The van der Waals surface area contributed by atoms with Crippen molar-refractivity contribution in [3.8, 4) is 45.1 Å². The van der Waals surface area contributed by atoms with Gasteiger partial charge in [0.2, 0.25) is 5.95 Å². The van der Waals surface area contributed by atoms with Crippen molar-refractivity contribution in [3.63, 3.8) is 0 Å². The Balaban J connectivity index is 1.03. The van der Waals surface area contributed by atoms with Gasteiger partial charge in [-0.15, -0.1) is 0 Å². The number of nitrogens with zero attached hydrogens (tertiary/aromatic N) is 4. The number of benzene rings is 11. The third kappa shape index (κ3) is 5.33. The lowest BCUT2D eigenvalue weighted by molar-refractivity contribution is 1.02. The Morgan fingerprint density at radius 2 is 0.773 bits per heavy atom. The molecule has 0 bridgehead atoms. The first kappa shape index (κ1) is 36.6. The molecule has 0 aliphatic heterocycles. The second kappa shape index (κ2) is 14.3. The van der Waals surface area contributed by atoms with E-state index < -0.39 is 0 Å². The number of hydrogen-bond acceptors (Lipinski definition) is 2. The summed E-state index contributed by atoms with van der Waals surface area (Å²) in [6.45, 7) is 0. The second-order valence-corrected chi connectivity index (χ2v) is 17.2. The molecule has 0 unspecified atom stereocenters. The summed E-state index contributed by atoms with van der Waals surface area (Å²) in [6.07, 6.45) is 0. The van der Waals surface area contributed by atoms with Crippen LogP contribution in [0.2, 0.25) is 0 Å². The van der Waals surface area contributed by atoms with Gasteiger partial charge in [0.1, 0.15) is 0 Å².